The fraction of sp³-hybridized carbons (Fsp3) is 1.00. The molecule has 0 bridgehead atoms. The largest absolute Gasteiger partial charge is 0.605 e. The fourth-order valence-electron chi connectivity index (χ4n) is 0.874. The van der Waals surface area contributed by atoms with E-state index in [2.05, 4.69) is 13.0 Å². The second-order valence-electron chi connectivity index (χ2n) is 3.84. The summed E-state index contributed by atoms with van der Waals surface area (Å²) in [6, 6.07) is 0. The minimum Gasteiger partial charge on any atom is -0.432 e. The lowest BCUT2D eigenvalue weighted by Gasteiger charge is -2.18. The zero-order valence-corrected chi connectivity index (χ0v) is 15.0. The van der Waals surface area contributed by atoms with E-state index in [9.17, 15) is 39.5 Å². The van der Waals surface area contributed by atoms with Crippen LogP contribution in [0, 0.1) is 0 Å². The Labute approximate surface area is 126 Å². The quantitative estimate of drug-likeness (QED) is 0.341. The van der Waals surface area contributed by atoms with Gasteiger partial charge in [-0.15, -0.1) is 0 Å². The van der Waals surface area contributed by atoms with E-state index in [-0.39, 0.29) is 0 Å². The van der Waals surface area contributed by atoms with Crippen LogP contribution in [-0.4, -0.2) is 73.3 Å². The van der Waals surface area contributed by atoms with E-state index in [4.69, 9.17) is 0 Å². The van der Waals surface area contributed by atoms with Gasteiger partial charge in [-0.05, 0) is 0 Å². The Morgan fingerprint density at radius 2 is 0.727 bits per heavy atom. The summed E-state index contributed by atoms with van der Waals surface area (Å²) >= 11 is 0. The van der Waals surface area contributed by atoms with Crippen molar-refractivity contribution < 1.29 is 52.5 Å². The summed E-state index contributed by atoms with van der Waals surface area (Å²) in [5.74, 6) is -7.94. The maximum absolute atomic E-state index is 12.7. The average molecular weight is 398 g/mol. The van der Waals surface area contributed by atoms with Crippen LogP contribution in [0.25, 0.3) is 0 Å². The third-order valence-electron chi connectivity index (χ3n) is 1.99. The maximum atomic E-state index is 12.7. The van der Waals surface area contributed by atoms with Gasteiger partial charge in [0.05, 0.1) is 0 Å². The van der Waals surface area contributed by atoms with Crippen molar-refractivity contribution in [3.63, 3.8) is 0 Å². The Hall–Kier alpha value is -0.0344. The summed E-state index contributed by atoms with van der Waals surface area (Å²) in [7, 11) is -9.96. The van der Waals surface area contributed by atoms with Crippen LogP contribution in [0.3, 0.4) is 0 Å². The molecule has 16 heteroatoms. The molecule has 0 heterocycles. The van der Waals surface area contributed by atoms with E-state index in [0.29, 0.717) is 0 Å². The van der Waals surface area contributed by atoms with Crippen molar-refractivity contribution >= 4 is 36.6 Å². The fourth-order valence-corrected chi connectivity index (χ4v) is 3.49. The lowest BCUT2D eigenvalue weighted by Crippen LogP contribution is -2.40. The van der Waals surface area contributed by atoms with Crippen LogP contribution < -0.4 is 0 Å². The zero-order chi connectivity index (χ0) is 17.3. The van der Waals surface area contributed by atoms with Crippen LogP contribution in [0.2, 0.25) is 0 Å². The highest BCUT2D eigenvalue weighted by molar-refractivity contribution is 6.59. The van der Waals surface area contributed by atoms with E-state index in [1.807, 2.05) is 0 Å². The van der Waals surface area contributed by atoms with Crippen molar-refractivity contribution in [3.8, 4) is 0 Å². The van der Waals surface area contributed by atoms with Crippen LogP contribution in [-0.2, 0) is 13.0 Å². The molecule has 0 rings (SSSR count). The summed E-state index contributed by atoms with van der Waals surface area (Å²) in [6.07, 6.45) is -10.1. The highest BCUT2D eigenvalue weighted by Gasteiger charge is 2.32. The van der Waals surface area contributed by atoms with Crippen LogP contribution in [0.4, 0.5) is 39.5 Å². The molecule has 0 aromatic rings. The highest BCUT2D eigenvalue weighted by atomic mass is 28.2. The van der Waals surface area contributed by atoms with E-state index >= 15 is 0 Å². The normalized spacial score (nSPS) is 18.0. The van der Waals surface area contributed by atoms with Crippen LogP contribution >= 0.6 is 0 Å². The molecule has 0 aliphatic rings. The van der Waals surface area contributed by atoms with Gasteiger partial charge < -0.3 is 13.0 Å². The average Bonchev–Trinajstić information content (AvgIpc) is 2.44. The van der Waals surface area contributed by atoms with Gasteiger partial charge in [0.1, 0.15) is 0 Å². The molecule has 0 aliphatic carbocycles. The molecule has 0 radical (unpaired) electrons. The van der Waals surface area contributed by atoms with Crippen molar-refractivity contribution in [2.45, 2.75) is 36.7 Å². The Balaban J connectivity index is 4.36. The molecule has 0 aromatic carbocycles. The second-order valence-corrected chi connectivity index (χ2v) is 8.18. The van der Waals surface area contributed by atoms with Crippen molar-refractivity contribution in [3.05, 3.63) is 0 Å². The predicted molar refractivity (Wildman–Crippen MR) is 67.3 cm³/mol. The third-order valence-corrected chi connectivity index (χ3v) is 5.41. The number of hydrogen-bond donors (Lipinski definition) is 0. The summed E-state index contributed by atoms with van der Waals surface area (Å²) in [5.41, 5.74) is 0. The maximum Gasteiger partial charge on any atom is 0.605 e. The number of rotatable bonds is 12. The van der Waals surface area contributed by atoms with Gasteiger partial charge in [0, 0.05) is 0 Å². The summed E-state index contributed by atoms with van der Waals surface area (Å²) in [6.45, 7) is 0. The molecule has 3 atom stereocenters. The van der Waals surface area contributed by atoms with Gasteiger partial charge in [-0.25, -0.2) is 39.5 Å². The minimum absolute atomic E-state index is 2.07. The predicted octanol–water partition coefficient (Wildman–Crippen LogP) is -0.0454. The lowest BCUT2D eigenvalue weighted by molar-refractivity contribution is 0.0792. The molecule has 22 heavy (non-hydrogen) atoms. The van der Waals surface area contributed by atoms with Gasteiger partial charge in [-0.2, -0.15) is 0 Å². The van der Waals surface area contributed by atoms with Crippen molar-refractivity contribution in [1.82, 2.24) is 0 Å². The van der Waals surface area contributed by atoms with Crippen molar-refractivity contribution in [2.75, 3.05) is 0 Å². The molecule has 0 saturated heterocycles. The van der Waals surface area contributed by atoms with Gasteiger partial charge >= 0.3 is 7.32 Å². The monoisotopic (exact) mass is 398 g/mol. The first-order chi connectivity index (χ1) is 10.1. The second kappa shape index (κ2) is 11.5. The Kier molecular flexibility index (Phi) is 11.5. The Morgan fingerprint density at radius 3 is 0.909 bits per heavy atom. The molecule has 3 unspecified atom stereocenters. The van der Waals surface area contributed by atoms with Gasteiger partial charge in [0.2, 0.25) is 0 Å². The topological polar surface area (TPSA) is 27.7 Å². The molecule has 0 aliphatic heterocycles. The molecule has 0 aromatic heterocycles. The van der Waals surface area contributed by atoms with Crippen LogP contribution in [0.1, 0.15) is 0 Å². The standard InChI is InChI=1S/C6H12BF9O3Si3/c8-1(9)4(14)20-17-7(18-21-5(15)2(10)11)19-22-6(16)3(12)13/h1-6H,20-22H2. The number of halogens is 9. The smallest absolute Gasteiger partial charge is 0.432 e. The third kappa shape index (κ3) is 9.88. The van der Waals surface area contributed by atoms with Gasteiger partial charge in [-0.3, -0.25) is 0 Å². The van der Waals surface area contributed by atoms with E-state index in [0.717, 1.165) is 0 Å². The number of hydrogen-bond acceptors (Lipinski definition) is 3. The van der Waals surface area contributed by atoms with E-state index in [1.165, 1.54) is 0 Å². The Morgan fingerprint density at radius 1 is 0.500 bits per heavy atom. The van der Waals surface area contributed by atoms with Crippen molar-refractivity contribution in [2.24, 2.45) is 0 Å². The molecule has 0 fully saturated rings. The first-order valence-electron chi connectivity index (χ1n) is 5.76. The molecular weight excluding hydrogens is 386 g/mol. The summed E-state index contributed by atoms with van der Waals surface area (Å²) in [4.78, 5) is 0. The first-order valence-corrected chi connectivity index (χ1v) is 9.94. The summed E-state index contributed by atoms with van der Waals surface area (Å²) in [5, 5.41) is 0. The van der Waals surface area contributed by atoms with Crippen molar-refractivity contribution in [1.29, 1.82) is 0 Å². The molecule has 0 N–H and O–H groups in total. The molecule has 0 amide bonds. The van der Waals surface area contributed by atoms with Crippen LogP contribution in [0.5, 0.6) is 0 Å². The van der Waals surface area contributed by atoms with Gasteiger partial charge in [0.25, 0.3) is 19.3 Å². The highest BCUT2D eigenvalue weighted by Crippen LogP contribution is 2.09. The Bertz CT molecular complexity index is 253. The number of alkyl halides is 9. The molecular formula is C6H12BF9O3Si3. The lowest BCUT2D eigenvalue weighted by atomic mass is 10.3. The van der Waals surface area contributed by atoms with Gasteiger partial charge in [0.15, 0.2) is 46.7 Å². The van der Waals surface area contributed by atoms with Crippen LogP contribution in [0.15, 0.2) is 0 Å². The summed E-state index contributed by atoms with van der Waals surface area (Å²) < 4.78 is 123. The van der Waals surface area contributed by atoms with E-state index < -0.39 is 73.3 Å². The molecule has 0 saturated carbocycles. The molecule has 132 valence electrons. The molecule has 0 spiro atoms. The first kappa shape index (κ1) is 22.0. The SMILES string of the molecule is FC(F)C(F)[SiH2]OB(O[SiH2]C(F)C(F)F)O[SiH2]C(F)C(F)F. The zero-order valence-electron chi connectivity index (χ0n) is 10.8. The minimum atomic E-state index is -3.37. The van der Waals surface area contributed by atoms with Gasteiger partial charge in [-0.1, -0.05) is 0 Å². The molecule has 3 nitrogen and oxygen atoms in total. The van der Waals surface area contributed by atoms with E-state index in [1.54, 1.807) is 0 Å².